The van der Waals surface area contributed by atoms with Gasteiger partial charge in [0.05, 0.1) is 5.60 Å². The summed E-state index contributed by atoms with van der Waals surface area (Å²) in [5.41, 5.74) is 1.24. The predicted molar refractivity (Wildman–Crippen MR) is 78.5 cm³/mol. The van der Waals surface area contributed by atoms with Crippen LogP contribution in [0.5, 0.6) is 0 Å². The van der Waals surface area contributed by atoms with Gasteiger partial charge in [0, 0.05) is 32.9 Å². The molecule has 0 aromatic carbocycles. The second kappa shape index (κ2) is 6.35. The summed E-state index contributed by atoms with van der Waals surface area (Å²) < 4.78 is 5.64. The van der Waals surface area contributed by atoms with Gasteiger partial charge in [-0.25, -0.2) is 4.98 Å². The summed E-state index contributed by atoms with van der Waals surface area (Å²) in [4.78, 5) is 6.85. The van der Waals surface area contributed by atoms with Crippen LogP contribution in [0.4, 0.5) is 5.82 Å². The molecular weight excluding hydrogens is 238 g/mol. The van der Waals surface area contributed by atoms with Crippen LogP contribution in [0.25, 0.3) is 0 Å². The van der Waals surface area contributed by atoms with Crippen LogP contribution in [-0.4, -0.2) is 37.3 Å². The number of rotatable bonds is 5. The minimum absolute atomic E-state index is 0.0440. The van der Waals surface area contributed by atoms with E-state index in [1.54, 1.807) is 7.11 Å². The third-order valence-electron chi connectivity index (χ3n) is 3.86. The molecule has 2 heterocycles. The molecule has 0 radical (unpaired) electrons. The van der Waals surface area contributed by atoms with Crippen molar-refractivity contribution in [2.45, 2.75) is 38.8 Å². The highest BCUT2D eigenvalue weighted by Gasteiger charge is 2.31. The third-order valence-corrected chi connectivity index (χ3v) is 3.86. The van der Waals surface area contributed by atoms with Gasteiger partial charge in [0.25, 0.3) is 0 Å². The molecule has 1 atom stereocenters. The number of nitrogens with one attached hydrogen (secondary N) is 1. The topological polar surface area (TPSA) is 37.4 Å². The summed E-state index contributed by atoms with van der Waals surface area (Å²) in [5, 5.41) is 3.35. The zero-order chi connectivity index (χ0) is 13.7. The monoisotopic (exact) mass is 263 g/mol. The van der Waals surface area contributed by atoms with Crippen LogP contribution < -0.4 is 10.2 Å². The van der Waals surface area contributed by atoms with E-state index in [4.69, 9.17) is 4.74 Å². The maximum absolute atomic E-state index is 5.64. The second-order valence-corrected chi connectivity index (χ2v) is 5.48. The summed E-state index contributed by atoms with van der Waals surface area (Å²) in [6.07, 6.45) is 4.18. The Bertz CT molecular complexity index is 410. The smallest absolute Gasteiger partial charge is 0.128 e. The van der Waals surface area contributed by atoms with Gasteiger partial charge in [-0.1, -0.05) is 6.92 Å². The third kappa shape index (κ3) is 3.67. The van der Waals surface area contributed by atoms with E-state index in [1.807, 2.05) is 6.20 Å². The average molecular weight is 263 g/mol. The molecule has 1 aromatic rings. The summed E-state index contributed by atoms with van der Waals surface area (Å²) >= 11 is 0. The molecule has 1 aliphatic heterocycles. The van der Waals surface area contributed by atoms with Gasteiger partial charge in [-0.2, -0.15) is 0 Å². The van der Waals surface area contributed by atoms with Gasteiger partial charge in [0.1, 0.15) is 5.82 Å². The summed E-state index contributed by atoms with van der Waals surface area (Å²) in [7, 11) is 1.80. The number of methoxy groups -OCH3 is 1. The average Bonchev–Trinajstić information content (AvgIpc) is 2.45. The summed E-state index contributed by atoms with van der Waals surface area (Å²) in [6, 6.07) is 4.26. The van der Waals surface area contributed by atoms with Crippen molar-refractivity contribution in [1.82, 2.24) is 10.3 Å². The largest absolute Gasteiger partial charge is 0.377 e. The van der Waals surface area contributed by atoms with E-state index in [-0.39, 0.29) is 5.60 Å². The number of pyridine rings is 1. The molecule has 1 aliphatic rings. The molecule has 1 saturated heterocycles. The van der Waals surface area contributed by atoms with Gasteiger partial charge in [0.15, 0.2) is 0 Å². The van der Waals surface area contributed by atoms with E-state index in [0.717, 1.165) is 44.8 Å². The maximum atomic E-state index is 5.64. The van der Waals surface area contributed by atoms with E-state index in [9.17, 15) is 0 Å². The predicted octanol–water partition coefficient (Wildman–Crippen LogP) is 2.20. The van der Waals surface area contributed by atoms with Crippen molar-refractivity contribution in [3.63, 3.8) is 0 Å². The maximum Gasteiger partial charge on any atom is 0.128 e. The normalized spacial score (nSPS) is 23.6. The van der Waals surface area contributed by atoms with Crippen molar-refractivity contribution < 1.29 is 4.74 Å². The molecule has 4 heteroatoms. The van der Waals surface area contributed by atoms with E-state index < -0.39 is 0 Å². The van der Waals surface area contributed by atoms with E-state index in [1.165, 1.54) is 5.56 Å². The lowest BCUT2D eigenvalue weighted by atomic mass is 9.95. The van der Waals surface area contributed by atoms with Crippen LogP contribution >= 0.6 is 0 Å². The highest BCUT2D eigenvalue weighted by atomic mass is 16.5. The van der Waals surface area contributed by atoms with Gasteiger partial charge in [0.2, 0.25) is 0 Å². The second-order valence-electron chi connectivity index (χ2n) is 5.48. The molecule has 0 spiro atoms. The summed E-state index contributed by atoms with van der Waals surface area (Å²) in [5.74, 6) is 1.07. The summed E-state index contributed by atoms with van der Waals surface area (Å²) in [6.45, 7) is 8.18. The van der Waals surface area contributed by atoms with Crippen molar-refractivity contribution >= 4 is 5.82 Å². The number of hydrogen-bond donors (Lipinski definition) is 1. The first-order chi connectivity index (χ1) is 9.17. The van der Waals surface area contributed by atoms with Gasteiger partial charge >= 0.3 is 0 Å². The molecule has 0 bridgehead atoms. The fourth-order valence-corrected chi connectivity index (χ4v) is 2.58. The first-order valence-corrected chi connectivity index (χ1v) is 7.12. The molecule has 0 amide bonds. The molecule has 2 rings (SSSR count). The van der Waals surface area contributed by atoms with Crippen LogP contribution in [-0.2, 0) is 11.3 Å². The highest BCUT2D eigenvalue weighted by molar-refractivity contribution is 5.42. The number of anilines is 1. The van der Waals surface area contributed by atoms with Gasteiger partial charge in [-0.15, -0.1) is 0 Å². The fraction of sp³-hybridized carbons (Fsp3) is 0.667. The van der Waals surface area contributed by atoms with Crippen LogP contribution in [0, 0.1) is 0 Å². The van der Waals surface area contributed by atoms with E-state index in [2.05, 4.69) is 41.2 Å². The molecule has 0 saturated carbocycles. The van der Waals surface area contributed by atoms with Crippen LogP contribution in [0.2, 0.25) is 0 Å². The number of ether oxygens (including phenoxy) is 1. The van der Waals surface area contributed by atoms with Crippen molar-refractivity contribution in [3.8, 4) is 0 Å². The molecule has 4 nitrogen and oxygen atoms in total. The Morgan fingerprint density at radius 1 is 1.53 bits per heavy atom. The lowest BCUT2D eigenvalue weighted by Crippen LogP contribution is -2.47. The molecule has 1 N–H and O–H groups in total. The molecule has 1 fully saturated rings. The van der Waals surface area contributed by atoms with E-state index in [0.29, 0.717) is 0 Å². The molecule has 0 aliphatic carbocycles. The Morgan fingerprint density at radius 3 is 3.11 bits per heavy atom. The molecule has 19 heavy (non-hydrogen) atoms. The Labute approximate surface area is 116 Å². The number of piperidine rings is 1. The Hall–Kier alpha value is -1.13. The number of nitrogens with zero attached hydrogens (tertiary/aromatic N) is 2. The highest BCUT2D eigenvalue weighted by Crippen LogP contribution is 2.27. The Kier molecular flexibility index (Phi) is 4.77. The first kappa shape index (κ1) is 14.3. The van der Waals surface area contributed by atoms with Crippen molar-refractivity contribution in [1.29, 1.82) is 0 Å². The quantitative estimate of drug-likeness (QED) is 0.883. The molecule has 1 unspecified atom stereocenters. The van der Waals surface area contributed by atoms with Crippen LogP contribution in [0.15, 0.2) is 18.3 Å². The zero-order valence-electron chi connectivity index (χ0n) is 12.3. The minimum atomic E-state index is -0.0440. The fourth-order valence-electron chi connectivity index (χ4n) is 2.58. The minimum Gasteiger partial charge on any atom is -0.377 e. The standard InChI is InChI=1S/C15H25N3O/c1-4-16-11-13-6-8-17-14(10-13)18-9-5-7-15(2,12-18)19-3/h6,8,10,16H,4-5,7,9,11-12H2,1-3H3. The zero-order valence-corrected chi connectivity index (χ0v) is 12.3. The SMILES string of the molecule is CCNCc1ccnc(N2CCCC(C)(OC)C2)c1. The van der Waals surface area contributed by atoms with Crippen LogP contribution in [0.3, 0.4) is 0 Å². The first-order valence-electron chi connectivity index (χ1n) is 7.12. The number of aromatic nitrogens is 1. The van der Waals surface area contributed by atoms with Gasteiger partial charge < -0.3 is 15.0 Å². The Morgan fingerprint density at radius 2 is 2.37 bits per heavy atom. The Balaban J connectivity index is 2.08. The van der Waals surface area contributed by atoms with Gasteiger partial charge in [-0.05, 0) is 44.0 Å². The van der Waals surface area contributed by atoms with Crippen molar-refractivity contribution in [3.05, 3.63) is 23.9 Å². The molecule has 106 valence electrons. The van der Waals surface area contributed by atoms with Gasteiger partial charge in [-0.3, -0.25) is 0 Å². The van der Waals surface area contributed by atoms with Crippen LogP contribution in [0.1, 0.15) is 32.3 Å². The number of hydrogen-bond acceptors (Lipinski definition) is 4. The lowest BCUT2D eigenvalue weighted by molar-refractivity contribution is -0.00481. The van der Waals surface area contributed by atoms with E-state index >= 15 is 0 Å². The lowest BCUT2D eigenvalue weighted by Gasteiger charge is -2.40. The molecule has 1 aromatic heterocycles. The molecular formula is C15H25N3O. The van der Waals surface area contributed by atoms with Crippen molar-refractivity contribution in [2.24, 2.45) is 0 Å². The van der Waals surface area contributed by atoms with Crippen molar-refractivity contribution in [2.75, 3.05) is 31.6 Å².